The van der Waals surface area contributed by atoms with Crippen LogP contribution >= 0.6 is 15.9 Å². The summed E-state index contributed by atoms with van der Waals surface area (Å²) in [5.74, 6) is 0.570. The van der Waals surface area contributed by atoms with Crippen LogP contribution in [0.4, 0.5) is 0 Å². The fraction of sp³-hybridized carbons (Fsp3) is 0.176. The fourth-order valence-corrected chi connectivity index (χ4v) is 2.71. The Kier molecular flexibility index (Phi) is 4.67. The summed E-state index contributed by atoms with van der Waals surface area (Å²) in [5, 5.41) is 16.7. The molecule has 126 valence electrons. The van der Waals surface area contributed by atoms with Crippen LogP contribution in [0.25, 0.3) is 5.69 Å². The van der Waals surface area contributed by atoms with Crippen molar-refractivity contribution in [2.75, 3.05) is 0 Å². The third-order valence-corrected chi connectivity index (χ3v) is 4.47. The molecule has 0 unspecified atom stereocenters. The van der Waals surface area contributed by atoms with Crippen molar-refractivity contribution in [3.05, 3.63) is 68.0 Å². The summed E-state index contributed by atoms with van der Waals surface area (Å²) >= 11 is 3.32. The first-order valence-electron chi connectivity index (χ1n) is 7.41. The first-order valence-corrected chi connectivity index (χ1v) is 8.21. The Morgan fingerprint density at radius 3 is 2.76 bits per heavy atom. The minimum absolute atomic E-state index is 0.234. The van der Waals surface area contributed by atoms with E-state index in [1.165, 1.54) is 9.36 Å². The van der Waals surface area contributed by atoms with Crippen LogP contribution in [0.2, 0.25) is 0 Å². The number of ether oxygens (including phenoxy) is 1. The van der Waals surface area contributed by atoms with Crippen LogP contribution in [-0.2, 0) is 13.7 Å². The number of hydrogen-bond donors (Lipinski definition) is 0. The van der Waals surface area contributed by atoms with Gasteiger partial charge in [0.1, 0.15) is 18.4 Å². The quantitative estimate of drug-likeness (QED) is 0.672. The van der Waals surface area contributed by atoms with Crippen molar-refractivity contribution in [1.29, 1.82) is 5.26 Å². The van der Waals surface area contributed by atoms with Gasteiger partial charge in [0.15, 0.2) is 0 Å². The number of aryl methyl sites for hydroxylation is 2. The van der Waals surface area contributed by atoms with E-state index in [0.717, 1.165) is 11.1 Å². The third kappa shape index (κ3) is 3.32. The maximum atomic E-state index is 12.1. The van der Waals surface area contributed by atoms with Crippen molar-refractivity contribution in [2.24, 2.45) is 7.05 Å². The highest BCUT2D eigenvalue weighted by Gasteiger charge is 2.13. The van der Waals surface area contributed by atoms with E-state index in [0.29, 0.717) is 21.5 Å². The summed E-state index contributed by atoms with van der Waals surface area (Å²) in [5.41, 5.74) is 2.57. The molecule has 0 aliphatic carbocycles. The number of benzene rings is 2. The van der Waals surface area contributed by atoms with E-state index in [2.05, 4.69) is 32.4 Å². The van der Waals surface area contributed by atoms with Crippen molar-refractivity contribution >= 4 is 15.9 Å². The molecule has 3 rings (SSSR count). The standard InChI is InChI=1S/C17H14BrN5O2/c1-11-4-3-5-16(23-17(24)22(2)20-21-23)14(11)10-25-13-6-7-15(18)12(8-13)9-19/h3-8H,10H2,1-2H3. The molecule has 8 heteroatoms. The molecule has 0 saturated carbocycles. The Hall–Kier alpha value is -2.92. The minimum Gasteiger partial charge on any atom is -0.489 e. The van der Waals surface area contributed by atoms with E-state index < -0.39 is 0 Å². The molecular formula is C17H14BrN5O2. The van der Waals surface area contributed by atoms with Gasteiger partial charge < -0.3 is 4.74 Å². The predicted octanol–water partition coefficient (Wildman–Crippen LogP) is 2.49. The summed E-state index contributed by atoms with van der Waals surface area (Å²) in [4.78, 5) is 12.1. The number of nitriles is 1. The second-order valence-electron chi connectivity index (χ2n) is 5.41. The Balaban J connectivity index is 1.95. The van der Waals surface area contributed by atoms with Gasteiger partial charge in [-0.25, -0.2) is 4.79 Å². The highest BCUT2D eigenvalue weighted by molar-refractivity contribution is 9.10. The summed E-state index contributed by atoms with van der Waals surface area (Å²) in [6.07, 6.45) is 0. The molecule has 1 aromatic heterocycles. The van der Waals surface area contributed by atoms with Gasteiger partial charge >= 0.3 is 5.69 Å². The first kappa shape index (κ1) is 16.9. The molecule has 0 bridgehead atoms. The molecule has 0 aliphatic heterocycles. The van der Waals surface area contributed by atoms with Crippen molar-refractivity contribution in [3.8, 4) is 17.5 Å². The number of rotatable bonds is 4. The lowest BCUT2D eigenvalue weighted by Crippen LogP contribution is -2.23. The molecule has 7 nitrogen and oxygen atoms in total. The Labute approximate surface area is 152 Å². The lowest BCUT2D eigenvalue weighted by atomic mass is 10.1. The van der Waals surface area contributed by atoms with Gasteiger partial charge in [0.05, 0.1) is 11.3 Å². The number of nitrogens with zero attached hydrogens (tertiary/aromatic N) is 5. The Morgan fingerprint density at radius 1 is 1.28 bits per heavy atom. The van der Waals surface area contributed by atoms with Crippen molar-refractivity contribution in [2.45, 2.75) is 13.5 Å². The van der Waals surface area contributed by atoms with E-state index in [9.17, 15) is 4.79 Å². The molecule has 0 spiro atoms. The molecule has 0 N–H and O–H groups in total. The van der Waals surface area contributed by atoms with E-state index in [1.807, 2.05) is 19.1 Å². The van der Waals surface area contributed by atoms with Gasteiger partial charge in [0.2, 0.25) is 0 Å². The van der Waals surface area contributed by atoms with E-state index in [-0.39, 0.29) is 12.3 Å². The van der Waals surface area contributed by atoms with Gasteiger partial charge in [-0.3, -0.25) is 0 Å². The van der Waals surface area contributed by atoms with Crippen LogP contribution < -0.4 is 10.4 Å². The average Bonchev–Trinajstić information content (AvgIpc) is 2.94. The molecule has 0 aliphatic rings. The molecule has 25 heavy (non-hydrogen) atoms. The van der Waals surface area contributed by atoms with Crippen LogP contribution in [0.3, 0.4) is 0 Å². The predicted molar refractivity (Wildman–Crippen MR) is 94.5 cm³/mol. The maximum Gasteiger partial charge on any atom is 0.368 e. The fourth-order valence-electron chi connectivity index (χ4n) is 2.37. The highest BCUT2D eigenvalue weighted by atomic mass is 79.9. The lowest BCUT2D eigenvalue weighted by molar-refractivity contribution is 0.304. The van der Waals surface area contributed by atoms with Gasteiger partial charge in [-0.05, 0) is 63.1 Å². The van der Waals surface area contributed by atoms with Gasteiger partial charge in [-0.2, -0.15) is 14.6 Å². The first-order chi connectivity index (χ1) is 12.0. The second-order valence-corrected chi connectivity index (χ2v) is 6.27. The number of aromatic nitrogens is 4. The number of tetrazole rings is 1. The summed E-state index contributed by atoms with van der Waals surface area (Å²) in [7, 11) is 1.54. The summed E-state index contributed by atoms with van der Waals surface area (Å²) < 4.78 is 8.96. The van der Waals surface area contributed by atoms with Crippen LogP contribution in [0.5, 0.6) is 5.75 Å². The van der Waals surface area contributed by atoms with Crippen molar-refractivity contribution in [1.82, 2.24) is 19.8 Å². The third-order valence-electron chi connectivity index (χ3n) is 3.78. The smallest absolute Gasteiger partial charge is 0.368 e. The van der Waals surface area contributed by atoms with Crippen LogP contribution in [0, 0.1) is 18.3 Å². The molecule has 0 fully saturated rings. The van der Waals surface area contributed by atoms with Gasteiger partial charge in [0, 0.05) is 17.1 Å². The zero-order valence-corrected chi connectivity index (χ0v) is 15.2. The van der Waals surface area contributed by atoms with Crippen LogP contribution in [0.15, 0.2) is 45.7 Å². The van der Waals surface area contributed by atoms with E-state index in [1.54, 1.807) is 31.3 Å². The average molecular weight is 400 g/mol. The molecule has 0 atom stereocenters. The van der Waals surface area contributed by atoms with Crippen LogP contribution in [-0.4, -0.2) is 19.8 Å². The molecule has 0 amide bonds. The van der Waals surface area contributed by atoms with Crippen molar-refractivity contribution in [3.63, 3.8) is 0 Å². The van der Waals surface area contributed by atoms with E-state index >= 15 is 0 Å². The molecular weight excluding hydrogens is 386 g/mol. The topological polar surface area (TPSA) is 85.7 Å². The van der Waals surface area contributed by atoms with E-state index in [4.69, 9.17) is 10.00 Å². The SMILES string of the molecule is Cc1cccc(-n2nnn(C)c2=O)c1COc1ccc(Br)c(C#N)c1. The molecule has 0 saturated heterocycles. The highest BCUT2D eigenvalue weighted by Crippen LogP contribution is 2.24. The molecule has 3 aromatic rings. The minimum atomic E-state index is -0.331. The van der Waals surface area contributed by atoms with Crippen molar-refractivity contribution < 1.29 is 4.74 Å². The largest absolute Gasteiger partial charge is 0.489 e. The normalized spacial score (nSPS) is 10.5. The van der Waals surface area contributed by atoms with Gasteiger partial charge in [-0.1, -0.05) is 12.1 Å². The monoisotopic (exact) mass is 399 g/mol. The van der Waals surface area contributed by atoms with Crippen LogP contribution in [0.1, 0.15) is 16.7 Å². The lowest BCUT2D eigenvalue weighted by Gasteiger charge is -2.13. The Bertz CT molecular complexity index is 1030. The Morgan fingerprint density at radius 2 is 2.08 bits per heavy atom. The molecule has 0 radical (unpaired) electrons. The summed E-state index contributed by atoms with van der Waals surface area (Å²) in [6.45, 7) is 2.17. The maximum absolute atomic E-state index is 12.1. The number of halogens is 1. The molecule has 1 heterocycles. The summed E-state index contributed by atoms with van der Waals surface area (Å²) in [6, 6.07) is 12.9. The molecule has 2 aromatic carbocycles. The zero-order valence-electron chi connectivity index (χ0n) is 13.6. The van der Waals surface area contributed by atoms with Gasteiger partial charge in [-0.15, -0.1) is 0 Å². The number of hydrogen-bond acceptors (Lipinski definition) is 5. The zero-order chi connectivity index (χ0) is 18.0. The van der Waals surface area contributed by atoms with Gasteiger partial charge in [0.25, 0.3) is 0 Å². The second kappa shape index (κ2) is 6.91.